The molecule has 0 aliphatic heterocycles. The molecule has 0 unspecified atom stereocenters. The first-order valence-electron chi connectivity index (χ1n) is 15.7. The van der Waals surface area contributed by atoms with Gasteiger partial charge in [0.15, 0.2) is 0 Å². The van der Waals surface area contributed by atoms with Crippen LogP contribution in [0.15, 0.2) is 85.0 Å². The van der Waals surface area contributed by atoms with Gasteiger partial charge in [-0.2, -0.15) is 5.26 Å². The minimum Gasteiger partial charge on any atom is -0.193 e. The molecular weight excluding hydrogens is 494 g/mol. The molecule has 0 saturated heterocycles. The summed E-state index contributed by atoms with van der Waals surface area (Å²) in [5.74, 6) is 0. The van der Waals surface area contributed by atoms with Crippen LogP contribution in [0.4, 0.5) is 0 Å². The molecule has 0 aromatic heterocycles. The lowest BCUT2D eigenvalue weighted by molar-refractivity contribution is 0.671. The fraction of sp³-hybridized carbons (Fsp3) is 0.375. The molecule has 0 fully saturated rings. The summed E-state index contributed by atoms with van der Waals surface area (Å²) >= 11 is 0. The largest absolute Gasteiger partial charge is 0.193 e. The van der Waals surface area contributed by atoms with Crippen molar-refractivity contribution in [2.24, 2.45) is 0 Å². The first kappa shape index (κ1) is 30.3. The van der Waals surface area contributed by atoms with Gasteiger partial charge in [0.25, 0.3) is 0 Å². The highest BCUT2D eigenvalue weighted by Crippen LogP contribution is 2.34. The van der Waals surface area contributed by atoms with Crippen LogP contribution in [-0.4, -0.2) is 0 Å². The van der Waals surface area contributed by atoms with Gasteiger partial charge >= 0.3 is 0 Å². The van der Waals surface area contributed by atoms with E-state index in [1.807, 2.05) is 0 Å². The highest BCUT2D eigenvalue weighted by atomic mass is 14.2. The maximum Gasteiger partial charge on any atom is 0.0944 e. The standard InChI is InChI=1S/C40H47N/c1-6-15-38-35(22-23-37-30(4)24-32(26-40(37)38)17-14-16-29(3)28-41)20-12-9-13-21-36-25-31(5)39(27-33(36)7-2)34-18-10-8-11-19-34/h10,14,17-19,22-25,27H,3-4,6-9,11-13,15-16,20-21,26H2,1-2,5H3/b17-14-. The average molecular weight is 542 g/mol. The van der Waals surface area contributed by atoms with E-state index in [4.69, 9.17) is 5.26 Å². The molecule has 0 spiro atoms. The Hall–Kier alpha value is -3.63. The third-order valence-corrected chi connectivity index (χ3v) is 8.59. The van der Waals surface area contributed by atoms with Crippen molar-refractivity contribution >= 4 is 11.1 Å². The van der Waals surface area contributed by atoms with Crippen LogP contribution in [0, 0.1) is 18.3 Å². The van der Waals surface area contributed by atoms with Crippen molar-refractivity contribution in [1.82, 2.24) is 0 Å². The van der Waals surface area contributed by atoms with E-state index < -0.39 is 0 Å². The van der Waals surface area contributed by atoms with Crippen molar-refractivity contribution < 1.29 is 0 Å². The summed E-state index contributed by atoms with van der Waals surface area (Å²) in [7, 11) is 0. The first-order chi connectivity index (χ1) is 19.9. The molecule has 1 nitrogen and oxygen atoms in total. The Kier molecular flexibility index (Phi) is 11.0. The first-order valence-corrected chi connectivity index (χ1v) is 15.7. The third kappa shape index (κ3) is 7.77. The zero-order valence-corrected chi connectivity index (χ0v) is 25.6. The van der Waals surface area contributed by atoms with Crippen LogP contribution in [-0.2, 0) is 32.1 Å². The second-order valence-corrected chi connectivity index (χ2v) is 11.7. The van der Waals surface area contributed by atoms with Gasteiger partial charge in [0.2, 0.25) is 0 Å². The molecule has 2 aliphatic rings. The van der Waals surface area contributed by atoms with Crippen molar-refractivity contribution in [3.05, 3.63) is 130 Å². The number of aryl methyl sites for hydroxylation is 4. The molecule has 2 aliphatic carbocycles. The Balaban J connectivity index is 1.39. The monoisotopic (exact) mass is 541 g/mol. The maximum absolute atomic E-state index is 9.01. The van der Waals surface area contributed by atoms with Crippen LogP contribution in [0.1, 0.15) is 103 Å². The van der Waals surface area contributed by atoms with Gasteiger partial charge in [0.05, 0.1) is 6.07 Å². The topological polar surface area (TPSA) is 23.8 Å². The maximum atomic E-state index is 9.01. The molecule has 212 valence electrons. The van der Waals surface area contributed by atoms with E-state index in [0.29, 0.717) is 12.0 Å². The van der Waals surface area contributed by atoms with Crippen LogP contribution in [0.25, 0.3) is 11.1 Å². The Bertz CT molecular complexity index is 1450. The highest BCUT2D eigenvalue weighted by Gasteiger charge is 2.18. The molecule has 1 heteroatoms. The third-order valence-electron chi connectivity index (χ3n) is 8.59. The van der Waals surface area contributed by atoms with Crippen molar-refractivity contribution in [1.29, 1.82) is 5.26 Å². The van der Waals surface area contributed by atoms with E-state index in [1.54, 1.807) is 5.56 Å². The molecule has 0 N–H and O–H groups in total. The lowest BCUT2D eigenvalue weighted by Gasteiger charge is -2.23. The van der Waals surface area contributed by atoms with Crippen molar-refractivity contribution in [3.8, 4) is 6.07 Å². The van der Waals surface area contributed by atoms with E-state index in [2.05, 4.69) is 101 Å². The predicted molar refractivity (Wildman–Crippen MR) is 178 cm³/mol. The number of benzene rings is 2. The summed E-state index contributed by atoms with van der Waals surface area (Å²) in [6.07, 6.45) is 26.7. The average Bonchev–Trinajstić information content (AvgIpc) is 2.98. The summed E-state index contributed by atoms with van der Waals surface area (Å²) in [6, 6.07) is 11.7. The van der Waals surface area contributed by atoms with Crippen LogP contribution >= 0.6 is 0 Å². The van der Waals surface area contributed by atoms with E-state index in [9.17, 15) is 0 Å². The molecule has 0 atom stereocenters. The van der Waals surface area contributed by atoms with Gasteiger partial charge in [0.1, 0.15) is 0 Å². The number of unbranched alkanes of at least 4 members (excludes halogenated alkanes) is 2. The molecule has 2 aromatic rings. The number of hydrogen-bond acceptors (Lipinski definition) is 1. The molecule has 0 amide bonds. The SMILES string of the molecule is C=C(C#N)C/C=C\C1=CC(=C)c2ccc(CCCCCc3cc(C)c(C4=CCCC=C4)cc3CC)c(CCC)c2C1. The van der Waals surface area contributed by atoms with E-state index in [-0.39, 0.29) is 0 Å². The molecule has 4 rings (SSSR count). The quantitative estimate of drug-likeness (QED) is 0.183. The Morgan fingerprint density at radius 1 is 0.976 bits per heavy atom. The number of allylic oxidation sites excluding steroid dienone is 10. The van der Waals surface area contributed by atoms with Crippen molar-refractivity contribution in [3.63, 3.8) is 0 Å². The van der Waals surface area contributed by atoms with E-state index in [0.717, 1.165) is 44.1 Å². The van der Waals surface area contributed by atoms with Gasteiger partial charge in [-0.15, -0.1) is 0 Å². The second kappa shape index (κ2) is 14.8. The van der Waals surface area contributed by atoms with Gasteiger partial charge < -0.3 is 0 Å². The van der Waals surface area contributed by atoms with Crippen molar-refractivity contribution in [2.45, 2.75) is 97.8 Å². The van der Waals surface area contributed by atoms with Crippen LogP contribution in [0.2, 0.25) is 0 Å². The van der Waals surface area contributed by atoms with Gasteiger partial charge in [-0.3, -0.25) is 0 Å². The number of rotatable bonds is 13. The minimum atomic E-state index is 0.596. The van der Waals surface area contributed by atoms with E-state index >= 15 is 0 Å². The summed E-state index contributed by atoms with van der Waals surface area (Å²) in [5, 5.41) is 9.01. The van der Waals surface area contributed by atoms with Gasteiger partial charge in [-0.05, 0) is 126 Å². The Morgan fingerprint density at radius 2 is 1.78 bits per heavy atom. The zero-order chi connectivity index (χ0) is 29.2. The van der Waals surface area contributed by atoms with Gasteiger partial charge in [0, 0.05) is 12.0 Å². The summed E-state index contributed by atoms with van der Waals surface area (Å²) < 4.78 is 0. The van der Waals surface area contributed by atoms with E-state index in [1.165, 1.54) is 82.2 Å². The molecule has 2 aromatic carbocycles. The minimum absolute atomic E-state index is 0.596. The number of nitriles is 1. The number of fused-ring (bicyclic) bond motifs is 1. The molecule has 41 heavy (non-hydrogen) atoms. The summed E-state index contributed by atoms with van der Waals surface area (Å²) in [4.78, 5) is 0. The summed E-state index contributed by atoms with van der Waals surface area (Å²) in [5.41, 5.74) is 16.1. The summed E-state index contributed by atoms with van der Waals surface area (Å²) in [6.45, 7) is 15.0. The molecular formula is C40H47N. The Morgan fingerprint density at radius 3 is 2.49 bits per heavy atom. The van der Waals surface area contributed by atoms with Crippen LogP contribution in [0.5, 0.6) is 0 Å². The van der Waals surface area contributed by atoms with Crippen molar-refractivity contribution in [2.75, 3.05) is 0 Å². The zero-order valence-electron chi connectivity index (χ0n) is 25.6. The molecule has 0 bridgehead atoms. The molecule has 0 heterocycles. The van der Waals surface area contributed by atoms with Crippen LogP contribution in [0.3, 0.4) is 0 Å². The fourth-order valence-electron chi connectivity index (χ4n) is 6.41. The number of hydrogen-bond donors (Lipinski definition) is 0. The van der Waals surface area contributed by atoms with Gasteiger partial charge in [-0.25, -0.2) is 0 Å². The second-order valence-electron chi connectivity index (χ2n) is 11.7. The molecule has 0 radical (unpaired) electrons. The Labute approximate surface area is 249 Å². The lowest BCUT2D eigenvalue weighted by atomic mass is 9.81. The fourth-order valence-corrected chi connectivity index (χ4v) is 6.41. The number of nitrogens with zero attached hydrogens (tertiary/aromatic N) is 1. The molecule has 0 saturated carbocycles. The van der Waals surface area contributed by atoms with Crippen LogP contribution < -0.4 is 0 Å². The highest BCUT2D eigenvalue weighted by molar-refractivity contribution is 5.80. The lowest BCUT2D eigenvalue weighted by Crippen LogP contribution is -2.09. The smallest absolute Gasteiger partial charge is 0.0944 e. The normalized spacial score (nSPS) is 14.5. The predicted octanol–water partition coefficient (Wildman–Crippen LogP) is 10.7. The van der Waals surface area contributed by atoms with Gasteiger partial charge in [-0.1, -0.05) is 101 Å².